The average molecular weight is 416 g/mol. The van der Waals surface area contributed by atoms with Crippen LogP contribution in [-0.2, 0) is 11.3 Å². The zero-order valence-electron chi connectivity index (χ0n) is 19.7. The van der Waals surface area contributed by atoms with Crippen LogP contribution in [0.2, 0.25) is 0 Å². The number of hydrogen-bond acceptors (Lipinski definition) is 6. The van der Waals surface area contributed by atoms with Gasteiger partial charge in [-0.1, -0.05) is 34.6 Å². The third-order valence-electron chi connectivity index (χ3n) is 7.00. The lowest BCUT2D eigenvalue weighted by atomic mass is 9.87. The van der Waals surface area contributed by atoms with E-state index in [0.29, 0.717) is 17.9 Å². The van der Waals surface area contributed by atoms with Crippen molar-refractivity contribution in [1.29, 1.82) is 0 Å². The first-order valence-electron chi connectivity index (χ1n) is 12.0. The van der Waals surface area contributed by atoms with Crippen LogP contribution in [0, 0.1) is 11.8 Å². The Balaban J connectivity index is 1.60. The van der Waals surface area contributed by atoms with Crippen LogP contribution in [-0.4, -0.2) is 70.4 Å². The summed E-state index contributed by atoms with van der Waals surface area (Å²) >= 11 is 0. The van der Waals surface area contributed by atoms with Gasteiger partial charge in [0.15, 0.2) is 0 Å². The number of likely N-dealkylation sites (N-methyl/N-ethyl adjacent to an activating group) is 1. The number of rotatable bonds is 8. The molecular formula is C24H41N5O. The van der Waals surface area contributed by atoms with Gasteiger partial charge in [-0.3, -0.25) is 14.6 Å². The van der Waals surface area contributed by atoms with Crippen molar-refractivity contribution in [1.82, 2.24) is 19.8 Å². The fraction of sp³-hybridized carbons (Fsp3) is 0.792. The van der Waals surface area contributed by atoms with Gasteiger partial charge in [-0.15, -0.1) is 0 Å². The molecule has 2 fully saturated rings. The molecule has 2 atom stereocenters. The van der Waals surface area contributed by atoms with Crippen LogP contribution < -0.4 is 4.90 Å². The molecule has 0 radical (unpaired) electrons. The van der Waals surface area contributed by atoms with Crippen molar-refractivity contribution < 1.29 is 4.79 Å². The van der Waals surface area contributed by atoms with E-state index in [2.05, 4.69) is 35.5 Å². The number of nitrogens with zero attached hydrogens (tertiary/aromatic N) is 5. The van der Waals surface area contributed by atoms with E-state index in [4.69, 9.17) is 9.97 Å². The molecule has 0 amide bonds. The van der Waals surface area contributed by atoms with Gasteiger partial charge in [0.2, 0.25) is 5.95 Å². The minimum atomic E-state index is 0.153. The Morgan fingerprint density at radius 2 is 1.57 bits per heavy atom. The first-order valence-corrected chi connectivity index (χ1v) is 12.0. The van der Waals surface area contributed by atoms with Gasteiger partial charge in [0.1, 0.15) is 5.78 Å². The van der Waals surface area contributed by atoms with Crippen molar-refractivity contribution in [3.63, 3.8) is 0 Å². The van der Waals surface area contributed by atoms with Crippen molar-refractivity contribution in [3.8, 4) is 0 Å². The number of ketones is 1. The molecule has 0 aromatic carbocycles. The lowest BCUT2D eigenvalue weighted by molar-refractivity contribution is -0.127. The number of anilines is 1. The third kappa shape index (κ3) is 5.38. The maximum Gasteiger partial charge on any atom is 0.225 e. The maximum absolute atomic E-state index is 12.2. The van der Waals surface area contributed by atoms with Crippen molar-refractivity contribution in [2.45, 2.75) is 78.9 Å². The van der Waals surface area contributed by atoms with E-state index in [-0.39, 0.29) is 11.8 Å². The monoisotopic (exact) mass is 415 g/mol. The minimum Gasteiger partial charge on any atom is -0.332 e. The molecule has 0 N–H and O–H groups in total. The van der Waals surface area contributed by atoms with Crippen LogP contribution in [0.4, 0.5) is 5.95 Å². The smallest absolute Gasteiger partial charge is 0.225 e. The second-order valence-corrected chi connectivity index (χ2v) is 9.38. The molecule has 1 aromatic rings. The van der Waals surface area contributed by atoms with E-state index in [1.807, 2.05) is 26.2 Å². The molecule has 3 heterocycles. The number of piperazine rings is 1. The van der Waals surface area contributed by atoms with Crippen molar-refractivity contribution >= 4 is 11.7 Å². The van der Waals surface area contributed by atoms with Gasteiger partial charge in [-0.05, 0) is 45.3 Å². The highest BCUT2D eigenvalue weighted by Crippen LogP contribution is 2.26. The first-order chi connectivity index (χ1) is 14.5. The molecule has 6 heteroatoms. The highest BCUT2D eigenvalue weighted by molar-refractivity contribution is 5.82. The number of carbonyl (C=O) groups is 1. The van der Waals surface area contributed by atoms with E-state index < -0.39 is 0 Å². The summed E-state index contributed by atoms with van der Waals surface area (Å²) in [5.41, 5.74) is 1.17. The Labute approximate surface area is 183 Å². The zero-order chi connectivity index (χ0) is 21.7. The molecule has 3 rings (SSSR count). The summed E-state index contributed by atoms with van der Waals surface area (Å²) in [6, 6.07) is 0.957. The lowest BCUT2D eigenvalue weighted by Gasteiger charge is -2.46. The van der Waals surface area contributed by atoms with Crippen molar-refractivity contribution in [3.05, 3.63) is 18.0 Å². The van der Waals surface area contributed by atoms with Crippen molar-refractivity contribution in [2.24, 2.45) is 11.8 Å². The summed E-state index contributed by atoms with van der Waals surface area (Å²) < 4.78 is 0. The summed E-state index contributed by atoms with van der Waals surface area (Å²) in [4.78, 5) is 29.3. The van der Waals surface area contributed by atoms with Gasteiger partial charge in [-0.2, -0.15) is 0 Å². The highest BCUT2D eigenvalue weighted by atomic mass is 16.1. The SMILES string of the molecule is CCC1CN(CC)CC(CC)N1c1ncc(CN2CCC(C(=O)C(C)C)CC2)cn1. The van der Waals surface area contributed by atoms with E-state index in [1.165, 1.54) is 5.56 Å². The number of aromatic nitrogens is 2. The molecule has 30 heavy (non-hydrogen) atoms. The molecule has 6 nitrogen and oxygen atoms in total. The Bertz CT molecular complexity index is 655. The molecule has 0 bridgehead atoms. The summed E-state index contributed by atoms with van der Waals surface area (Å²) in [5.74, 6) is 1.72. The van der Waals surface area contributed by atoms with Crippen LogP contribution in [0.25, 0.3) is 0 Å². The summed E-state index contributed by atoms with van der Waals surface area (Å²) in [6.45, 7) is 17.0. The van der Waals surface area contributed by atoms with E-state index >= 15 is 0 Å². The Morgan fingerprint density at radius 1 is 1.00 bits per heavy atom. The van der Waals surface area contributed by atoms with Gasteiger partial charge in [-0.25, -0.2) is 9.97 Å². The molecule has 0 spiro atoms. The predicted octanol–water partition coefficient (Wildman–Crippen LogP) is 3.61. The second-order valence-electron chi connectivity index (χ2n) is 9.38. The standard InChI is InChI=1S/C24H41N5O/c1-6-21-16-27(8-3)17-22(7-2)29(21)24-25-13-19(14-26-24)15-28-11-9-20(10-12-28)23(30)18(4)5/h13-14,18,20-22H,6-12,15-17H2,1-5H3. The van der Waals surface area contributed by atoms with Crippen molar-refractivity contribution in [2.75, 3.05) is 37.6 Å². The number of carbonyl (C=O) groups excluding carboxylic acids is 1. The predicted molar refractivity (Wildman–Crippen MR) is 123 cm³/mol. The van der Waals surface area contributed by atoms with E-state index in [0.717, 1.165) is 70.9 Å². The topological polar surface area (TPSA) is 52.6 Å². The molecule has 168 valence electrons. The molecule has 1 aromatic heterocycles. The van der Waals surface area contributed by atoms with Crippen LogP contribution in [0.1, 0.15) is 65.9 Å². The Hall–Kier alpha value is -1.53. The van der Waals surface area contributed by atoms with Crippen LogP contribution in [0.15, 0.2) is 12.4 Å². The Kier molecular flexibility index (Phi) is 8.23. The molecular weight excluding hydrogens is 374 g/mol. The lowest BCUT2D eigenvalue weighted by Crippen LogP contribution is -2.59. The van der Waals surface area contributed by atoms with Crippen LogP contribution in [0.3, 0.4) is 0 Å². The Morgan fingerprint density at radius 3 is 2.03 bits per heavy atom. The molecule has 2 unspecified atom stereocenters. The molecule has 0 saturated carbocycles. The second kappa shape index (κ2) is 10.7. The van der Waals surface area contributed by atoms with Crippen LogP contribution in [0.5, 0.6) is 0 Å². The number of Topliss-reactive ketones (excluding diaryl/α,β-unsaturated/α-hetero) is 1. The molecule has 2 aliphatic rings. The third-order valence-corrected chi connectivity index (χ3v) is 7.00. The van der Waals surface area contributed by atoms with Gasteiger partial charge in [0.25, 0.3) is 0 Å². The molecule has 2 aliphatic heterocycles. The van der Waals surface area contributed by atoms with E-state index in [9.17, 15) is 4.79 Å². The number of piperidine rings is 1. The normalized spacial score (nSPS) is 24.5. The molecule has 0 aliphatic carbocycles. The maximum atomic E-state index is 12.2. The quantitative estimate of drug-likeness (QED) is 0.646. The first kappa shape index (κ1) is 23.1. The van der Waals surface area contributed by atoms with Gasteiger partial charge in [0.05, 0.1) is 0 Å². The fourth-order valence-corrected chi connectivity index (χ4v) is 5.05. The summed E-state index contributed by atoms with van der Waals surface area (Å²) in [6.07, 6.45) is 8.21. The number of likely N-dealkylation sites (tertiary alicyclic amines) is 1. The van der Waals surface area contributed by atoms with E-state index in [1.54, 1.807) is 0 Å². The average Bonchev–Trinajstić information content (AvgIpc) is 2.78. The molecule has 2 saturated heterocycles. The zero-order valence-corrected chi connectivity index (χ0v) is 19.7. The van der Waals surface area contributed by atoms with Gasteiger partial charge < -0.3 is 4.90 Å². The van der Waals surface area contributed by atoms with Crippen LogP contribution >= 0.6 is 0 Å². The fourth-order valence-electron chi connectivity index (χ4n) is 5.05. The van der Waals surface area contributed by atoms with Gasteiger partial charge in [0, 0.05) is 61.5 Å². The largest absolute Gasteiger partial charge is 0.332 e. The number of hydrogen-bond donors (Lipinski definition) is 0. The van der Waals surface area contributed by atoms with Gasteiger partial charge >= 0.3 is 0 Å². The summed E-state index contributed by atoms with van der Waals surface area (Å²) in [7, 11) is 0. The minimum absolute atomic E-state index is 0.153. The summed E-state index contributed by atoms with van der Waals surface area (Å²) in [5, 5.41) is 0. The highest BCUT2D eigenvalue weighted by Gasteiger charge is 2.33.